The van der Waals surface area contributed by atoms with Crippen LogP contribution in [-0.2, 0) is 4.79 Å². The van der Waals surface area contributed by atoms with Gasteiger partial charge in [0, 0.05) is 9.81 Å². The van der Waals surface area contributed by atoms with Crippen molar-refractivity contribution in [2.24, 2.45) is 5.11 Å². The van der Waals surface area contributed by atoms with Crippen LogP contribution in [0.4, 0.5) is 0 Å². The first kappa shape index (κ1) is 11.4. The maximum absolute atomic E-state index is 11.0. The van der Waals surface area contributed by atoms with Crippen LogP contribution in [-0.4, -0.2) is 12.5 Å². The zero-order valence-corrected chi connectivity index (χ0v) is 8.99. The molecule has 1 aromatic rings. The molecule has 1 rings (SSSR count). The van der Waals surface area contributed by atoms with Gasteiger partial charge >= 0.3 is 0 Å². The van der Waals surface area contributed by atoms with Crippen molar-refractivity contribution < 1.29 is 4.79 Å². The van der Waals surface area contributed by atoms with Gasteiger partial charge in [-0.3, -0.25) is 9.52 Å². The third-order valence-corrected chi connectivity index (χ3v) is 2.42. The molecular formula is C9H10N4OS. The van der Waals surface area contributed by atoms with Gasteiger partial charge in [-0.25, -0.2) is 0 Å². The van der Waals surface area contributed by atoms with E-state index >= 15 is 0 Å². The van der Waals surface area contributed by atoms with Crippen molar-refractivity contribution >= 4 is 17.9 Å². The molecule has 5 nitrogen and oxygen atoms in total. The molecule has 0 atom stereocenters. The van der Waals surface area contributed by atoms with Gasteiger partial charge in [0.2, 0.25) is 5.91 Å². The van der Waals surface area contributed by atoms with Crippen LogP contribution in [0, 0.1) is 6.92 Å². The first-order valence-corrected chi connectivity index (χ1v) is 5.07. The lowest BCUT2D eigenvalue weighted by Gasteiger charge is -2.02. The molecule has 0 saturated carbocycles. The normalized spacial score (nSPS) is 9.13. The van der Waals surface area contributed by atoms with Crippen molar-refractivity contribution in [2.45, 2.75) is 11.8 Å². The molecule has 0 aromatic heterocycles. The van der Waals surface area contributed by atoms with Gasteiger partial charge < -0.3 is 0 Å². The maximum atomic E-state index is 11.0. The average Bonchev–Trinajstić information content (AvgIpc) is 2.25. The number of carbonyl (C=O) groups is 1. The van der Waals surface area contributed by atoms with E-state index in [-0.39, 0.29) is 12.5 Å². The van der Waals surface area contributed by atoms with E-state index in [0.717, 1.165) is 4.90 Å². The van der Waals surface area contributed by atoms with Crippen LogP contribution in [0.1, 0.15) is 5.56 Å². The molecule has 1 N–H and O–H groups in total. The highest BCUT2D eigenvalue weighted by Gasteiger charge is 1.99. The Bertz CT molecular complexity index is 384. The van der Waals surface area contributed by atoms with Crippen molar-refractivity contribution in [1.29, 1.82) is 0 Å². The van der Waals surface area contributed by atoms with Crippen molar-refractivity contribution in [3.63, 3.8) is 0 Å². The van der Waals surface area contributed by atoms with Crippen LogP contribution < -0.4 is 4.72 Å². The summed E-state index contributed by atoms with van der Waals surface area (Å²) in [4.78, 5) is 14.5. The molecular weight excluding hydrogens is 212 g/mol. The summed E-state index contributed by atoms with van der Waals surface area (Å²) in [5, 5.41) is 3.15. The molecule has 0 aliphatic heterocycles. The Kier molecular flexibility index (Phi) is 4.53. The van der Waals surface area contributed by atoms with E-state index in [1.807, 2.05) is 31.2 Å². The SMILES string of the molecule is Cc1ccc(SNC(=O)CN=[N+]=[N-])cc1. The van der Waals surface area contributed by atoms with E-state index in [1.54, 1.807) is 0 Å². The van der Waals surface area contributed by atoms with E-state index in [0.29, 0.717) is 0 Å². The zero-order valence-electron chi connectivity index (χ0n) is 8.17. The maximum Gasteiger partial charge on any atom is 0.235 e. The second kappa shape index (κ2) is 5.95. The minimum atomic E-state index is -0.307. The van der Waals surface area contributed by atoms with Gasteiger partial charge in [-0.05, 0) is 36.5 Å². The number of benzene rings is 1. The molecule has 0 radical (unpaired) electrons. The molecule has 0 spiro atoms. The van der Waals surface area contributed by atoms with Crippen LogP contribution in [0.15, 0.2) is 34.3 Å². The lowest BCUT2D eigenvalue weighted by molar-refractivity contribution is -0.117. The van der Waals surface area contributed by atoms with Crippen molar-refractivity contribution in [3.8, 4) is 0 Å². The van der Waals surface area contributed by atoms with Crippen LogP contribution in [0.2, 0.25) is 0 Å². The quantitative estimate of drug-likeness (QED) is 0.367. The average molecular weight is 222 g/mol. The van der Waals surface area contributed by atoms with E-state index in [1.165, 1.54) is 17.5 Å². The van der Waals surface area contributed by atoms with Gasteiger partial charge in [0.25, 0.3) is 0 Å². The van der Waals surface area contributed by atoms with Crippen LogP contribution in [0.3, 0.4) is 0 Å². The number of amides is 1. The molecule has 0 unspecified atom stereocenters. The molecule has 0 bridgehead atoms. The predicted octanol–water partition coefficient (Wildman–Crippen LogP) is 2.43. The van der Waals surface area contributed by atoms with E-state index in [2.05, 4.69) is 14.7 Å². The van der Waals surface area contributed by atoms with Gasteiger partial charge in [-0.1, -0.05) is 22.8 Å². The summed E-state index contributed by atoms with van der Waals surface area (Å²) in [5.74, 6) is -0.307. The molecule has 0 fully saturated rings. The lowest BCUT2D eigenvalue weighted by Crippen LogP contribution is -2.17. The first-order valence-electron chi connectivity index (χ1n) is 4.25. The molecule has 15 heavy (non-hydrogen) atoms. The number of nitrogens with one attached hydrogen (secondary N) is 1. The fourth-order valence-electron chi connectivity index (χ4n) is 0.850. The summed E-state index contributed by atoms with van der Waals surface area (Å²) < 4.78 is 2.57. The summed E-state index contributed by atoms with van der Waals surface area (Å²) in [5.41, 5.74) is 9.17. The van der Waals surface area contributed by atoms with Crippen molar-refractivity contribution in [1.82, 2.24) is 4.72 Å². The third kappa shape index (κ3) is 4.39. The number of nitrogens with zero attached hydrogens (tertiary/aromatic N) is 3. The molecule has 0 saturated heterocycles. The largest absolute Gasteiger partial charge is 0.296 e. The van der Waals surface area contributed by atoms with Crippen LogP contribution in [0.25, 0.3) is 10.4 Å². The zero-order chi connectivity index (χ0) is 11.1. The van der Waals surface area contributed by atoms with Crippen LogP contribution in [0.5, 0.6) is 0 Å². The second-order valence-corrected chi connectivity index (χ2v) is 3.71. The fraction of sp³-hybridized carbons (Fsp3) is 0.222. The second-order valence-electron chi connectivity index (χ2n) is 2.83. The standard InChI is InChI=1S/C9H10N4OS/c1-7-2-4-8(5-3-7)15-12-9(14)6-11-13-10/h2-5H,6H2,1H3,(H,12,14). The molecule has 78 valence electrons. The summed E-state index contributed by atoms with van der Waals surface area (Å²) >= 11 is 1.20. The summed E-state index contributed by atoms with van der Waals surface area (Å²) in [6.45, 7) is 1.82. The van der Waals surface area contributed by atoms with Gasteiger partial charge in [-0.2, -0.15) is 0 Å². The Balaban J connectivity index is 2.40. The summed E-state index contributed by atoms with van der Waals surface area (Å²) in [6.07, 6.45) is 0. The molecule has 0 heterocycles. The topological polar surface area (TPSA) is 77.9 Å². The van der Waals surface area contributed by atoms with Gasteiger partial charge in [-0.15, -0.1) is 0 Å². The Labute approximate surface area is 91.6 Å². The van der Waals surface area contributed by atoms with Crippen LogP contribution >= 0.6 is 11.9 Å². The highest BCUT2D eigenvalue weighted by Crippen LogP contribution is 2.14. The minimum absolute atomic E-state index is 0.171. The summed E-state index contributed by atoms with van der Waals surface area (Å²) in [6, 6.07) is 7.74. The Morgan fingerprint density at radius 3 is 2.80 bits per heavy atom. The minimum Gasteiger partial charge on any atom is -0.296 e. The Morgan fingerprint density at radius 2 is 2.20 bits per heavy atom. The smallest absolute Gasteiger partial charge is 0.235 e. The number of aryl methyl sites for hydroxylation is 1. The van der Waals surface area contributed by atoms with E-state index < -0.39 is 0 Å². The predicted molar refractivity (Wildman–Crippen MR) is 59.2 cm³/mol. The summed E-state index contributed by atoms with van der Waals surface area (Å²) in [7, 11) is 0. The lowest BCUT2D eigenvalue weighted by atomic mass is 10.2. The number of hydrogen-bond donors (Lipinski definition) is 1. The molecule has 0 aliphatic rings. The molecule has 0 aliphatic carbocycles. The Hall–Kier alpha value is -1.65. The highest BCUT2D eigenvalue weighted by atomic mass is 32.2. The molecule has 1 aromatic carbocycles. The van der Waals surface area contributed by atoms with Crippen molar-refractivity contribution in [2.75, 3.05) is 6.54 Å². The van der Waals surface area contributed by atoms with Crippen molar-refractivity contribution in [3.05, 3.63) is 40.3 Å². The number of hydrogen-bond acceptors (Lipinski definition) is 3. The molecule has 1 amide bonds. The van der Waals surface area contributed by atoms with Gasteiger partial charge in [0.05, 0.1) is 0 Å². The van der Waals surface area contributed by atoms with E-state index in [9.17, 15) is 4.79 Å². The van der Waals surface area contributed by atoms with E-state index in [4.69, 9.17) is 5.53 Å². The number of carbonyl (C=O) groups excluding carboxylic acids is 1. The van der Waals surface area contributed by atoms with Gasteiger partial charge in [0.15, 0.2) is 0 Å². The third-order valence-electron chi connectivity index (χ3n) is 1.58. The Morgan fingerprint density at radius 1 is 1.53 bits per heavy atom. The highest BCUT2D eigenvalue weighted by molar-refractivity contribution is 7.98. The fourth-order valence-corrected chi connectivity index (χ4v) is 1.42. The van der Waals surface area contributed by atoms with Gasteiger partial charge in [0.1, 0.15) is 6.54 Å². The number of rotatable bonds is 4. The number of azide groups is 1. The monoisotopic (exact) mass is 222 g/mol. The molecule has 6 heteroatoms. The first-order chi connectivity index (χ1) is 7.22.